The fourth-order valence-electron chi connectivity index (χ4n) is 1.98. The van der Waals surface area contributed by atoms with Crippen LogP contribution < -0.4 is 5.32 Å². The Morgan fingerprint density at radius 3 is 2.32 bits per heavy atom. The van der Waals surface area contributed by atoms with E-state index < -0.39 is 0 Å². The standard InChI is InChI=1S/C15H23NOS2/c1-4-15(5-2,19-3)11-16-14(17)10-12-6-8-13(18)9-7-12/h6-9,18H,4-5,10-11H2,1-3H3,(H,16,17). The Morgan fingerprint density at radius 1 is 1.26 bits per heavy atom. The van der Waals surface area contributed by atoms with Crippen LogP contribution in [0.5, 0.6) is 0 Å². The van der Waals surface area contributed by atoms with Gasteiger partial charge in [0, 0.05) is 16.2 Å². The van der Waals surface area contributed by atoms with Gasteiger partial charge < -0.3 is 5.32 Å². The van der Waals surface area contributed by atoms with Crippen molar-refractivity contribution in [2.45, 2.75) is 42.8 Å². The van der Waals surface area contributed by atoms with Gasteiger partial charge in [0.25, 0.3) is 0 Å². The summed E-state index contributed by atoms with van der Waals surface area (Å²) in [6, 6.07) is 7.72. The van der Waals surface area contributed by atoms with Crippen LogP contribution in [-0.2, 0) is 11.2 Å². The second-order valence-corrected chi connectivity index (χ2v) is 6.50. The van der Waals surface area contributed by atoms with E-state index in [2.05, 4.69) is 38.0 Å². The number of amides is 1. The minimum absolute atomic E-state index is 0.0900. The first-order valence-electron chi connectivity index (χ1n) is 6.65. The maximum atomic E-state index is 12.0. The number of thiol groups is 1. The molecular formula is C15H23NOS2. The van der Waals surface area contributed by atoms with Crippen molar-refractivity contribution in [3.8, 4) is 0 Å². The number of carbonyl (C=O) groups is 1. The number of nitrogens with one attached hydrogen (secondary N) is 1. The second kappa shape index (κ2) is 7.85. The molecule has 1 aromatic rings. The smallest absolute Gasteiger partial charge is 0.224 e. The average molecular weight is 297 g/mol. The molecule has 0 atom stereocenters. The third-order valence-electron chi connectivity index (χ3n) is 3.63. The Hall–Kier alpha value is -0.610. The van der Waals surface area contributed by atoms with Crippen LogP contribution in [0, 0.1) is 0 Å². The highest BCUT2D eigenvalue weighted by molar-refractivity contribution is 8.00. The molecule has 19 heavy (non-hydrogen) atoms. The van der Waals surface area contributed by atoms with Crippen LogP contribution in [-0.4, -0.2) is 23.5 Å². The van der Waals surface area contributed by atoms with Gasteiger partial charge in [-0.1, -0.05) is 26.0 Å². The van der Waals surface area contributed by atoms with Crippen molar-refractivity contribution in [1.82, 2.24) is 5.32 Å². The van der Waals surface area contributed by atoms with Gasteiger partial charge in [-0.3, -0.25) is 4.79 Å². The van der Waals surface area contributed by atoms with E-state index in [4.69, 9.17) is 0 Å². The van der Waals surface area contributed by atoms with Crippen LogP contribution in [0.3, 0.4) is 0 Å². The topological polar surface area (TPSA) is 29.1 Å². The summed E-state index contributed by atoms with van der Waals surface area (Å²) >= 11 is 6.08. The van der Waals surface area contributed by atoms with E-state index in [0.29, 0.717) is 6.42 Å². The quantitative estimate of drug-likeness (QED) is 0.754. The summed E-state index contributed by atoms with van der Waals surface area (Å²) in [6.07, 6.45) is 4.69. The lowest BCUT2D eigenvalue weighted by Gasteiger charge is -2.29. The van der Waals surface area contributed by atoms with E-state index in [1.165, 1.54) is 0 Å². The SMILES string of the molecule is CCC(CC)(CNC(=O)Cc1ccc(S)cc1)SC. The molecule has 4 heteroatoms. The molecular weight excluding hydrogens is 274 g/mol. The van der Waals surface area contributed by atoms with Crippen molar-refractivity contribution in [3.63, 3.8) is 0 Å². The van der Waals surface area contributed by atoms with Crippen LogP contribution in [0.25, 0.3) is 0 Å². The predicted octanol–water partition coefficient (Wildman–Crippen LogP) is 3.56. The average Bonchev–Trinajstić information content (AvgIpc) is 2.44. The molecule has 106 valence electrons. The van der Waals surface area contributed by atoms with Gasteiger partial charge >= 0.3 is 0 Å². The van der Waals surface area contributed by atoms with Crippen molar-refractivity contribution in [2.24, 2.45) is 0 Å². The first-order valence-corrected chi connectivity index (χ1v) is 8.32. The van der Waals surface area contributed by atoms with Gasteiger partial charge in [0.1, 0.15) is 0 Å². The summed E-state index contributed by atoms with van der Waals surface area (Å²) in [5, 5.41) is 3.06. The first-order chi connectivity index (χ1) is 9.05. The number of thioether (sulfide) groups is 1. The molecule has 1 rings (SSSR count). The highest BCUT2D eigenvalue weighted by atomic mass is 32.2. The molecule has 2 nitrogen and oxygen atoms in total. The zero-order valence-corrected chi connectivity index (χ0v) is 13.6. The van der Waals surface area contributed by atoms with E-state index in [0.717, 1.165) is 29.8 Å². The van der Waals surface area contributed by atoms with Crippen molar-refractivity contribution in [3.05, 3.63) is 29.8 Å². The highest BCUT2D eigenvalue weighted by Gasteiger charge is 2.25. The number of hydrogen-bond donors (Lipinski definition) is 2. The Morgan fingerprint density at radius 2 is 1.84 bits per heavy atom. The van der Waals surface area contributed by atoms with Gasteiger partial charge in [0.15, 0.2) is 0 Å². The summed E-state index contributed by atoms with van der Waals surface area (Å²) in [5.41, 5.74) is 1.03. The third-order valence-corrected chi connectivity index (χ3v) is 5.52. The molecule has 0 unspecified atom stereocenters. The summed E-state index contributed by atoms with van der Waals surface area (Å²) in [4.78, 5) is 12.9. The van der Waals surface area contributed by atoms with E-state index in [1.807, 2.05) is 36.0 Å². The molecule has 0 aliphatic heterocycles. The lowest BCUT2D eigenvalue weighted by molar-refractivity contribution is -0.120. The number of rotatable bonds is 7. The van der Waals surface area contributed by atoms with E-state index in [9.17, 15) is 4.79 Å². The summed E-state index contributed by atoms with van der Waals surface area (Å²) in [5.74, 6) is 0.0900. The zero-order chi connectivity index (χ0) is 14.3. The molecule has 0 saturated heterocycles. The summed E-state index contributed by atoms with van der Waals surface area (Å²) < 4.78 is 0.171. The molecule has 1 N–H and O–H groups in total. The molecule has 0 radical (unpaired) electrons. The fourth-order valence-corrected chi connectivity index (χ4v) is 2.93. The van der Waals surface area contributed by atoms with Crippen LogP contribution >= 0.6 is 24.4 Å². The highest BCUT2D eigenvalue weighted by Crippen LogP contribution is 2.29. The first kappa shape index (κ1) is 16.4. The normalized spacial score (nSPS) is 11.4. The lowest BCUT2D eigenvalue weighted by Crippen LogP contribution is -2.40. The van der Waals surface area contributed by atoms with E-state index >= 15 is 0 Å². The molecule has 0 saturated carbocycles. The van der Waals surface area contributed by atoms with Gasteiger partial charge in [0.2, 0.25) is 5.91 Å². The van der Waals surface area contributed by atoms with Crippen molar-refractivity contribution < 1.29 is 4.79 Å². The van der Waals surface area contributed by atoms with Gasteiger partial charge in [0.05, 0.1) is 6.42 Å². The fraction of sp³-hybridized carbons (Fsp3) is 0.533. The molecule has 0 aromatic heterocycles. The summed E-state index contributed by atoms with van der Waals surface area (Å²) in [6.45, 7) is 5.10. The maximum Gasteiger partial charge on any atom is 0.224 e. The van der Waals surface area contributed by atoms with Gasteiger partial charge in [-0.05, 0) is 36.8 Å². The Labute approximate surface area is 126 Å². The third kappa shape index (κ3) is 5.11. The molecule has 0 bridgehead atoms. The molecule has 0 aliphatic rings. The summed E-state index contributed by atoms with van der Waals surface area (Å²) in [7, 11) is 0. The van der Waals surface area contributed by atoms with E-state index in [1.54, 1.807) is 0 Å². The van der Waals surface area contributed by atoms with Crippen LogP contribution in [0.15, 0.2) is 29.2 Å². The monoisotopic (exact) mass is 297 g/mol. The van der Waals surface area contributed by atoms with Crippen molar-refractivity contribution in [1.29, 1.82) is 0 Å². The molecule has 0 heterocycles. The van der Waals surface area contributed by atoms with Gasteiger partial charge in [-0.2, -0.15) is 11.8 Å². The largest absolute Gasteiger partial charge is 0.354 e. The zero-order valence-electron chi connectivity index (χ0n) is 11.9. The Bertz CT molecular complexity index is 391. The Kier molecular flexibility index (Phi) is 6.80. The lowest BCUT2D eigenvalue weighted by atomic mass is 10.0. The minimum Gasteiger partial charge on any atom is -0.354 e. The predicted molar refractivity (Wildman–Crippen MR) is 87.2 cm³/mol. The van der Waals surface area contributed by atoms with Crippen molar-refractivity contribution >= 4 is 30.3 Å². The maximum absolute atomic E-state index is 12.0. The van der Waals surface area contributed by atoms with Crippen LogP contribution in [0.1, 0.15) is 32.3 Å². The number of benzene rings is 1. The molecule has 0 spiro atoms. The van der Waals surface area contributed by atoms with Gasteiger partial charge in [-0.15, -0.1) is 12.6 Å². The van der Waals surface area contributed by atoms with E-state index in [-0.39, 0.29) is 10.7 Å². The molecule has 1 aromatic carbocycles. The Balaban J connectivity index is 2.49. The molecule has 0 aliphatic carbocycles. The van der Waals surface area contributed by atoms with Gasteiger partial charge in [-0.25, -0.2) is 0 Å². The van der Waals surface area contributed by atoms with Crippen LogP contribution in [0.2, 0.25) is 0 Å². The molecule has 0 fully saturated rings. The minimum atomic E-state index is 0.0900. The van der Waals surface area contributed by atoms with Crippen LogP contribution in [0.4, 0.5) is 0 Å². The van der Waals surface area contributed by atoms with Crippen molar-refractivity contribution in [2.75, 3.05) is 12.8 Å². The number of carbonyl (C=O) groups excluding carboxylic acids is 1. The second-order valence-electron chi connectivity index (χ2n) is 4.71. The molecule has 1 amide bonds. The number of hydrogen-bond acceptors (Lipinski definition) is 3.